The maximum atomic E-state index is 12.2. The van der Waals surface area contributed by atoms with Gasteiger partial charge < -0.3 is 20.5 Å². The quantitative estimate of drug-likeness (QED) is 0.424. The molecule has 0 aromatic carbocycles. The van der Waals surface area contributed by atoms with Crippen molar-refractivity contribution in [3.8, 4) is 17.0 Å². The number of nitrogens with zero attached hydrogens (tertiary/aromatic N) is 4. The van der Waals surface area contributed by atoms with Gasteiger partial charge in [-0.2, -0.15) is 5.10 Å². The summed E-state index contributed by atoms with van der Waals surface area (Å²) in [7, 11) is -3.61. The Morgan fingerprint density at radius 2 is 2.00 bits per heavy atom. The molecule has 3 heterocycles. The number of aromatic nitrogens is 4. The normalized spacial score (nSPS) is 11.5. The fraction of sp³-hybridized carbons (Fsp3) is 0.333. The van der Waals surface area contributed by atoms with E-state index in [0.717, 1.165) is 6.26 Å². The molecular formula is C21H26N6O5S. The van der Waals surface area contributed by atoms with Crippen LogP contribution < -0.4 is 15.4 Å². The molecule has 0 atom stereocenters. The van der Waals surface area contributed by atoms with E-state index in [2.05, 4.69) is 25.7 Å². The smallest absolute Gasteiger partial charge is 0.222 e. The fourth-order valence-corrected chi connectivity index (χ4v) is 3.55. The van der Waals surface area contributed by atoms with Gasteiger partial charge in [-0.25, -0.2) is 18.4 Å². The van der Waals surface area contributed by atoms with Crippen molar-refractivity contribution in [3.05, 3.63) is 36.7 Å². The molecule has 12 heteroatoms. The third-order valence-electron chi connectivity index (χ3n) is 4.24. The average Bonchev–Trinajstić information content (AvgIpc) is 3.15. The Morgan fingerprint density at radius 3 is 2.64 bits per heavy atom. The summed E-state index contributed by atoms with van der Waals surface area (Å²) >= 11 is 0. The number of hydrogen-bond acceptors (Lipinski definition) is 9. The number of aliphatic hydroxyl groups is 1. The second-order valence-electron chi connectivity index (χ2n) is 7.57. The molecular weight excluding hydrogens is 448 g/mol. The second-order valence-corrected chi connectivity index (χ2v) is 9.54. The molecule has 3 aromatic heterocycles. The van der Waals surface area contributed by atoms with Crippen LogP contribution in [0.5, 0.6) is 5.75 Å². The van der Waals surface area contributed by atoms with Crippen molar-refractivity contribution in [3.63, 3.8) is 0 Å². The minimum Gasteiger partial charge on any atom is -0.491 e. The highest BCUT2D eigenvalue weighted by Crippen LogP contribution is 2.32. The molecule has 0 radical (unpaired) electrons. The number of carbonyl (C=O) groups is 1. The maximum Gasteiger partial charge on any atom is 0.222 e. The topological polar surface area (TPSA) is 148 Å². The number of pyridine rings is 2. The lowest BCUT2D eigenvalue weighted by Crippen LogP contribution is -2.10. The molecule has 0 bridgehead atoms. The number of ether oxygens (including phenoxy) is 1. The summed E-state index contributed by atoms with van der Waals surface area (Å²) in [6, 6.07) is 6.30. The minimum absolute atomic E-state index is 0.0627. The lowest BCUT2D eigenvalue weighted by Gasteiger charge is -2.15. The first-order valence-electron chi connectivity index (χ1n) is 10.1. The Bertz CT molecular complexity index is 1260. The Morgan fingerprint density at radius 1 is 1.24 bits per heavy atom. The van der Waals surface area contributed by atoms with Crippen LogP contribution in [0.2, 0.25) is 0 Å². The molecule has 3 N–H and O–H groups in total. The molecule has 0 saturated heterocycles. The van der Waals surface area contributed by atoms with Gasteiger partial charge in [-0.15, -0.1) is 0 Å². The van der Waals surface area contributed by atoms with Crippen molar-refractivity contribution < 1.29 is 23.1 Å². The summed E-state index contributed by atoms with van der Waals surface area (Å²) in [5, 5.41) is 19.2. The van der Waals surface area contributed by atoms with Gasteiger partial charge in [0.05, 0.1) is 30.6 Å². The van der Waals surface area contributed by atoms with Gasteiger partial charge in [0, 0.05) is 49.3 Å². The molecule has 0 aliphatic heterocycles. The van der Waals surface area contributed by atoms with E-state index >= 15 is 0 Å². The van der Waals surface area contributed by atoms with E-state index in [4.69, 9.17) is 9.84 Å². The molecule has 0 fully saturated rings. The first-order valence-corrected chi connectivity index (χ1v) is 12.0. The number of amides is 1. The van der Waals surface area contributed by atoms with Crippen LogP contribution >= 0.6 is 0 Å². The Kier molecular flexibility index (Phi) is 7.29. The summed E-state index contributed by atoms with van der Waals surface area (Å²) in [6.45, 7) is 5.29. The molecule has 176 valence electrons. The molecule has 0 aliphatic rings. The zero-order valence-electron chi connectivity index (χ0n) is 18.7. The van der Waals surface area contributed by atoms with E-state index in [1.165, 1.54) is 19.2 Å². The van der Waals surface area contributed by atoms with E-state index in [1.54, 1.807) is 29.1 Å². The van der Waals surface area contributed by atoms with Gasteiger partial charge in [0.25, 0.3) is 0 Å². The van der Waals surface area contributed by atoms with Gasteiger partial charge in [0.2, 0.25) is 5.91 Å². The number of rotatable bonds is 9. The molecule has 1 amide bonds. The number of anilines is 3. The van der Waals surface area contributed by atoms with E-state index in [-0.39, 0.29) is 29.5 Å². The van der Waals surface area contributed by atoms with Crippen molar-refractivity contribution >= 4 is 33.1 Å². The van der Waals surface area contributed by atoms with Crippen LogP contribution in [0.15, 0.2) is 41.7 Å². The number of sulfone groups is 1. The van der Waals surface area contributed by atoms with Gasteiger partial charge in [0.1, 0.15) is 17.4 Å². The monoisotopic (exact) mass is 474 g/mol. The molecule has 3 aromatic rings. The second kappa shape index (κ2) is 9.96. The number of hydrogen-bond donors (Lipinski definition) is 3. The van der Waals surface area contributed by atoms with Gasteiger partial charge in [-0.05, 0) is 19.9 Å². The Balaban J connectivity index is 2.09. The van der Waals surface area contributed by atoms with E-state index in [9.17, 15) is 13.2 Å². The van der Waals surface area contributed by atoms with Crippen LogP contribution in [0.25, 0.3) is 11.3 Å². The lowest BCUT2D eigenvalue weighted by atomic mass is 10.1. The summed E-state index contributed by atoms with van der Waals surface area (Å²) < 4.78 is 31.6. The van der Waals surface area contributed by atoms with Crippen LogP contribution in [-0.4, -0.2) is 58.1 Å². The van der Waals surface area contributed by atoms with Crippen LogP contribution in [-0.2, 0) is 21.2 Å². The third-order valence-corrected chi connectivity index (χ3v) is 5.21. The predicted molar refractivity (Wildman–Crippen MR) is 123 cm³/mol. The zero-order valence-corrected chi connectivity index (χ0v) is 19.5. The highest BCUT2D eigenvalue weighted by atomic mass is 32.2. The van der Waals surface area contributed by atoms with Crippen molar-refractivity contribution in [2.75, 3.05) is 23.5 Å². The number of nitrogens with one attached hydrogen (secondary N) is 2. The standard InChI is InChI=1S/C21H26N6O5S/c1-13(2)32-15-9-20(25-21(10-15)33(4,30)31)24-18-11-19(23-14(3)29)22-12-16(18)17-5-6-27(26-17)7-8-28/h5-6,9-13,28H,7-8H2,1-4H3,(H2,22,23,24,25,29). The molecule has 0 saturated carbocycles. The number of aliphatic hydroxyl groups excluding tert-OH is 1. The molecule has 3 rings (SSSR count). The Labute approximate surface area is 191 Å². The summed E-state index contributed by atoms with van der Waals surface area (Å²) in [6.07, 6.45) is 4.14. The predicted octanol–water partition coefficient (Wildman–Crippen LogP) is 2.23. The lowest BCUT2D eigenvalue weighted by molar-refractivity contribution is -0.114. The SMILES string of the molecule is CC(=O)Nc1cc(Nc2cc(OC(C)C)cc(S(C)(=O)=O)n2)c(-c2ccn(CCO)n2)cn1. The van der Waals surface area contributed by atoms with E-state index < -0.39 is 9.84 Å². The fourth-order valence-electron chi connectivity index (χ4n) is 2.96. The molecule has 33 heavy (non-hydrogen) atoms. The molecule has 0 aliphatic carbocycles. The van der Waals surface area contributed by atoms with Gasteiger partial charge in [-0.3, -0.25) is 9.48 Å². The summed E-state index contributed by atoms with van der Waals surface area (Å²) in [5.74, 6) is 0.567. The molecule has 0 unspecified atom stereocenters. The van der Waals surface area contributed by atoms with E-state index in [1.807, 2.05) is 13.8 Å². The van der Waals surface area contributed by atoms with Crippen LogP contribution in [0, 0.1) is 0 Å². The first kappa shape index (κ1) is 24.1. The minimum atomic E-state index is -3.61. The largest absolute Gasteiger partial charge is 0.491 e. The van der Waals surface area contributed by atoms with Crippen molar-refractivity contribution in [2.45, 2.75) is 38.4 Å². The average molecular weight is 475 g/mol. The van der Waals surface area contributed by atoms with Crippen molar-refractivity contribution in [2.24, 2.45) is 0 Å². The highest BCUT2D eigenvalue weighted by molar-refractivity contribution is 7.90. The van der Waals surface area contributed by atoms with Crippen LogP contribution in [0.3, 0.4) is 0 Å². The summed E-state index contributed by atoms with van der Waals surface area (Å²) in [4.78, 5) is 20.0. The summed E-state index contributed by atoms with van der Waals surface area (Å²) in [5.41, 5.74) is 1.63. The maximum absolute atomic E-state index is 12.2. The van der Waals surface area contributed by atoms with Crippen LogP contribution in [0.4, 0.5) is 17.3 Å². The first-order chi connectivity index (χ1) is 15.5. The number of carbonyl (C=O) groups excluding carboxylic acids is 1. The van der Waals surface area contributed by atoms with Gasteiger partial charge in [-0.1, -0.05) is 0 Å². The van der Waals surface area contributed by atoms with Crippen molar-refractivity contribution in [1.82, 2.24) is 19.7 Å². The van der Waals surface area contributed by atoms with Crippen LogP contribution in [0.1, 0.15) is 20.8 Å². The molecule has 11 nitrogen and oxygen atoms in total. The van der Waals surface area contributed by atoms with Crippen molar-refractivity contribution in [1.29, 1.82) is 0 Å². The van der Waals surface area contributed by atoms with Gasteiger partial charge >= 0.3 is 0 Å². The highest BCUT2D eigenvalue weighted by Gasteiger charge is 2.17. The third kappa shape index (κ3) is 6.49. The molecule has 0 spiro atoms. The van der Waals surface area contributed by atoms with Gasteiger partial charge in [0.15, 0.2) is 14.9 Å². The Hall–Kier alpha value is -3.51. The van der Waals surface area contributed by atoms with E-state index in [0.29, 0.717) is 35.1 Å². The zero-order chi connectivity index (χ0) is 24.2.